The summed E-state index contributed by atoms with van der Waals surface area (Å²) in [6, 6.07) is 15.7. The van der Waals surface area contributed by atoms with Gasteiger partial charge in [-0.15, -0.1) is 0 Å². The minimum Gasteiger partial charge on any atom is -0.366 e. The first-order chi connectivity index (χ1) is 18.2. The number of anilines is 3. The zero-order valence-corrected chi connectivity index (χ0v) is 22.3. The van der Waals surface area contributed by atoms with Crippen molar-refractivity contribution in [3.05, 3.63) is 92.0 Å². The molecule has 3 N–H and O–H groups in total. The second kappa shape index (κ2) is 12.2. The van der Waals surface area contributed by atoms with E-state index in [9.17, 15) is 19.7 Å². The quantitative estimate of drug-likeness (QED) is 0.181. The molecule has 1 heterocycles. The van der Waals surface area contributed by atoms with E-state index >= 15 is 0 Å². The second-order valence-corrected chi connectivity index (χ2v) is 9.82. The Hall–Kier alpha value is -3.73. The van der Waals surface area contributed by atoms with Crippen molar-refractivity contribution in [3.63, 3.8) is 0 Å². The molecule has 9 nitrogen and oxygen atoms in total. The molecule has 1 saturated heterocycles. The lowest BCUT2D eigenvalue weighted by Gasteiger charge is -2.28. The first-order valence-corrected chi connectivity index (χ1v) is 12.9. The van der Waals surface area contributed by atoms with E-state index in [1.807, 2.05) is 4.90 Å². The first-order valence-electron chi connectivity index (χ1n) is 11.7. The third-order valence-corrected chi connectivity index (χ3v) is 6.69. The van der Waals surface area contributed by atoms with E-state index in [1.54, 1.807) is 42.5 Å². The van der Waals surface area contributed by atoms with Gasteiger partial charge in [0.05, 0.1) is 15.5 Å². The minimum atomic E-state index is -0.570. The molecule has 0 spiro atoms. The monoisotopic (exact) mass is 571 g/mol. The van der Waals surface area contributed by atoms with Crippen molar-refractivity contribution in [2.75, 3.05) is 28.6 Å². The van der Waals surface area contributed by atoms with Crippen molar-refractivity contribution in [2.24, 2.45) is 0 Å². The van der Waals surface area contributed by atoms with Gasteiger partial charge in [-0.1, -0.05) is 23.2 Å². The van der Waals surface area contributed by atoms with Crippen LogP contribution >= 0.6 is 35.4 Å². The molecule has 0 atom stereocenters. The number of hydrogen-bond acceptors (Lipinski definition) is 6. The largest absolute Gasteiger partial charge is 0.366 e. The predicted octanol–water partition coefficient (Wildman–Crippen LogP) is 6.27. The summed E-state index contributed by atoms with van der Waals surface area (Å²) in [5.41, 5.74) is 1.88. The summed E-state index contributed by atoms with van der Waals surface area (Å²) in [4.78, 5) is 38.4. The van der Waals surface area contributed by atoms with E-state index in [2.05, 4.69) is 16.0 Å². The van der Waals surface area contributed by atoms with E-state index in [0.29, 0.717) is 22.1 Å². The molecule has 0 aliphatic carbocycles. The predicted molar refractivity (Wildman–Crippen MR) is 154 cm³/mol. The molecule has 0 radical (unpaired) electrons. The Morgan fingerprint density at radius 1 is 0.868 bits per heavy atom. The van der Waals surface area contributed by atoms with Crippen molar-refractivity contribution >= 4 is 75.1 Å². The first kappa shape index (κ1) is 27.3. The van der Waals surface area contributed by atoms with Gasteiger partial charge < -0.3 is 15.5 Å². The Balaban J connectivity index is 1.36. The molecule has 3 aromatic rings. The van der Waals surface area contributed by atoms with Crippen LogP contribution in [0.5, 0.6) is 0 Å². The van der Waals surface area contributed by atoms with E-state index in [1.165, 1.54) is 18.2 Å². The highest BCUT2D eigenvalue weighted by atomic mass is 35.5. The smallest absolute Gasteiger partial charge is 0.293 e. The van der Waals surface area contributed by atoms with Gasteiger partial charge in [0.1, 0.15) is 5.69 Å². The fraction of sp³-hybridized carbons (Fsp3) is 0.192. The van der Waals surface area contributed by atoms with Crippen LogP contribution in [0.1, 0.15) is 40.0 Å². The lowest BCUT2D eigenvalue weighted by molar-refractivity contribution is -0.384. The molecule has 3 aromatic carbocycles. The molecule has 0 unspecified atom stereocenters. The molecule has 1 aliphatic rings. The standard InChI is InChI=1S/C26H23Cl2N5O4S/c27-17-5-10-20(21(28)15-17)25(35)29-18-6-8-19(9-7-18)30-26(38)31-24(34)16-4-11-22(23(14-16)33(36)37)32-12-2-1-3-13-32/h4-11,14-15H,1-3,12-13H2,(H,29,35)(H2,30,31,34,38). The molecule has 4 rings (SSSR count). The summed E-state index contributed by atoms with van der Waals surface area (Å²) in [5, 5.41) is 20.5. The molecule has 1 aliphatic heterocycles. The van der Waals surface area contributed by atoms with Gasteiger partial charge in [-0.25, -0.2) is 0 Å². The minimum absolute atomic E-state index is 0.0162. The Kier molecular flexibility index (Phi) is 8.77. The van der Waals surface area contributed by atoms with Crippen LogP contribution in [0.4, 0.5) is 22.7 Å². The molecule has 1 fully saturated rings. The summed E-state index contributed by atoms with van der Waals surface area (Å²) >= 11 is 17.2. The molecular weight excluding hydrogens is 549 g/mol. The summed E-state index contributed by atoms with van der Waals surface area (Å²) in [5.74, 6) is -0.963. The van der Waals surface area contributed by atoms with Crippen LogP contribution in [-0.2, 0) is 0 Å². The zero-order chi connectivity index (χ0) is 27.2. The number of amides is 2. The number of carbonyl (C=O) groups is 2. The SMILES string of the molecule is O=C(NC(=S)Nc1ccc(NC(=O)c2ccc(Cl)cc2Cl)cc1)c1ccc(N2CCCCC2)c([N+](=O)[O-])c1. The number of nitro groups is 1. The number of hydrogen-bond donors (Lipinski definition) is 3. The van der Waals surface area contributed by atoms with Crippen LogP contribution in [0, 0.1) is 10.1 Å². The molecule has 38 heavy (non-hydrogen) atoms. The van der Waals surface area contributed by atoms with E-state index in [4.69, 9.17) is 35.4 Å². The van der Waals surface area contributed by atoms with E-state index < -0.39 is 16.7 Å². The maximum Gasteiger partial charge on any atom is 0.293 e. The molecule has 2 amide bonds. The Morgan fingerprint density at radius 3 is 2.16 bits per heavy atom. The lowest BCUT2D eigenvalue weighted by Crippen LogP contribution is -2.34. The van der Waals surface area contributed by atoms with Crippen LogP contribution in [0.2, 0.25) is 10.0 Å². The number of halogens is 2. The third kappa shape index (κ3) is 6.77. The average molecular weight is 572 g/mol. The number of piperidine rings is 1. The highest BCUT2D eigenvalue weighted by molar-refractivity contribution is 7.80. The third-order valence-electron chi connectivity index (χ3n) is 5.93. The maximum absolute atomic E-state index is 12.7. The number of carbonyl (C=O) groups excluding carboxylic acids is 2. The maximum atomic E-state index is 12.7. The van der Waals surface area contributed by atoms with Crippen LogP contribution in [0.15, 0.2) is 60.7 Å². The Morgan fingerprint density at radius 2 is 1.53 bits per heavy atom. The van der Waals surface area contributed by atoms with Crippen molar-refractivity contribution in [1.29, 1.82) is 0 Å². The van der Waals surface area contributed by atoms with Gasteiger partial charge in [-0.05, 0) is 86.1 Å². The van der Waals surface area contributed by atoms with Gasteiger partial charge in [0.2, 0.25) is 0 Å². The Bertz CT molecular complexity index is 1390. The summed E-state index contributed by atoms with van der Waals surface area (Å²) in [6.07, 6.45) is 3.05. The van der Waals surface area contributed by atoms with Crippen molar-refractivity contribution in [2.45, 2.75) is 19.3 Å². The van der Waals surface area contributed by atoms with Gasteiger partial charge in [0.25, 0.3) is 17.5 Å². The van der Waals surface area contributed by atoms with Gasteiger partial charge in [0, 0.05) is 41.1 Å². The van der Waals surface area contributed by atoms with Gasteiger partial charge in [0.15, 0.2) is 5.11 Å². The van der Waals surface area contributed by atoms with Crippen LogP contribution < -0.4 is 20.9 Å². The summed E-state index contributed by atoms with van der Waals surface area (Å²) in [6.45, 7) is 1.50. The summed E-state index contributed by atoms with van der Waals surface area (Å²) < 4.78 is 0. The number of benzene rings is 3. The van der Waals surface area contributed by atoms with Crippen LogP contribution in [0.25, 0.3) is 0 Å². The van der Waals surface area contributed by atoms with Crippen LogP contribution in [0.3, 0.4) is 0 Å². The number of rotatable bonds is 6. The number of nitrogens with zero attached hydrogens (tertiary/aromatic N) is 2. The van der Waals surface area contributed by atoms with Crippen molar-refractivity contribution in [3.8, 4) is 0 Å². The normalized spacial score (nSPS) is 12.9. The van der Waals surface area contributed by atoms with Gasteiger partial charge in [-0.3, -0.25) is 25.0 Å². The van der Waals surface area contributed by atoms with E-state index in [0.717, 1.165) is 32.4 Å². The zero-order valence-electron chi connectivity index (χ0n) is 20.0. The number of nitro benzene ring substituents is 1. The number of nitrogens with one attached hydrogen (secondary N) is 3. The number of thiocarbonyl (C=S) groups is 1. The molecule has 0 bridgehead atoms. The highest BCUT2D eigenvalue weighted by Crippen LogP contribution is 2.31. The fourth-order valence-corrected chi connectivity index (χ4v) is 4.76. The summed E-state index contributed by atoms with van der Waals surface area (Å²) in [7, 11) is 0. The molecule has 0 aromatic heterocycles. The lowest BCUT2D eigenvalue weighted by atomic mass is 10.1. The molecule has 12 heteroatoms. The fourth-order valence-electron chi connectivity index (χ4n) is 4.06. The van der Waals surface area contributed by atoms with Gasteiger partial charge in [-0.2, -0.15) is 0 Å². The second-order valence-electron chi connectivity index (χ2n) is 8.57. The molecule has 196 valence electrons. The molecule has 0 saturated carbocycles. The Labute approximate surface area is 234 Å². The topological polar surface area (TPSA) is 117 Å². The van der Waals surface area contributed by atoms with E-state index in [-0.39, 0.29) is 26.9 Å². The highest BCUT2D eigenvalue weighted by Gasteiger charge is 2.23. The average Bonchev–Trinajstić information content (AvgIpc) is 2.89. The van der Waals surface area contributed by atoms with Gasteiger partial charge >= 0.3 is 0 Å². The van der Waals surface area contributed by atoms with Crippen molar-refractivity contribution in [1.82, 2.24) is 5.32 Å². The van der Waals surface area contributed by atoms with Crippen molar-refractivity contribution < 1.29 is 14.5 Å². The molecular formula is C26H23Cl2N5O4S. The van der Waals surface area contributed by atoms with Crippen LogP contribution in [-0.4, -0.2) is 34.9 Å².